The molecule has 0 aromatic heterocycles. The number of para-hydroxylation sites is 1. The van der Waals surface area contributed by atoms with Crippen LogP contribution in [-0.2, 0) is 0 Å². The molecule has 2 atom stereocenters. The highest BCUT2D eigenvalue weighted by Gasteiger charge is 2.29. The molecule has 1 aliphatic rings. The molecule has 0 amide bonds. The highest BCUT2D eigenvalue weighted by molar-refractivity contribution is 6.00. The van der Waals surface area contributed by atoms with Crippen LogP contribution in [-0.4, -0.2) is 18.4 Å². The summed E-state index contributed by atoms with van der Waals surface area (Å²) < 4.78 is 5.64. The average Bonchev–Trinajstić information content (AvgIpc) is 2.82. The minimum absolute atomic E-state index is 0.0753. The maximum atomic E-state index is 12.4. The third-order valence-electron chi connectivity index (χ3n) is 3.46. The topological polar surface area (TPSA) is 52.3 Å². The third kappa shape index (κ3) is 2.91. The summed E-state index contributed by atoms with van der Waals surface area (Å²) in [5.74, 6) is 0.978. The molecule has 1 aromatic carbocycles. The van der Waals surface area contributed by atoms with Crippen LogP contribution in [0.15, 0.2) is 24.3 Å². The molecule has 2 rings (SSSR count). The average molecular weight is 247 g/mol. The Bertz CT molecular complexity index is 417. The first-order valence-electron chi connectivity index (χ1n) is 6.74. The molecule has 0 heterocycles. The molecule has 1 saturated carbocycles. The van der Waals surface area contributed by atoms with Crippen molar-refractivity contribution in [2.24, 2.45) is 11.7 Å². The number of hydrogen-bond acceptors (Lipinski definition) is 3. The first kappa shape index (κ1) is 13.1. The second-order valence-corrected chi connectivity index (χ2v) is 4.98. The zero-order valence-electron chi connectivity index (χ0n) is 10.9. The summed E-state index contributed by atoms with van der Waals surface area (Å²) in [6, 6.07) is 7.71. The second-order valence-electron chi connectivity index (χ2n) is 4.98. The predicted molar refractivity (Wildman–Crippen MR) is 71.9 cm³/mol. The fourth-order valence-electron chi connectivity index (χ4n) is 2.48. The Kier molecular flexibility index (Phi) is 4.37. The van der Waals surface area contributed by atoms with E-state index in [9.17, 15) is 4.79 Å². The van der Waals surface area contributed by atoms with E-state index < -0.39 is 0 Å². The van der Waals surface area contributed by atoms with Gasteiger partial charge in [-0.3, -0.25) is 4.79 Å². The van der Waals surface area contributed by atoms with Crippen LogP contribution >= 0.6 is 0 Å². The van der Waals surface area contributed by atoms with Crippen LogP contribution in [0.3, 0.4) is 0 Å². The Morgan fingerprint density at radius 3 is 2.83 bits per heavy atom. The van der Waals surface area contributed by atoms with Crippen molar-refractivity contribution < 1.29 is 9.53 Å². The van der Waals surface area contributed by atoms with E-state index in [1.807, 2.05) is 24.3 Å². The van der Waals surface area contributed by atoms with Gasteiger partial charge >= 0.3 is 0 Å². The number of ether oxygens (including phenoxy) is 1. The molecule has 0 aliphatic heterocycles. The van der Waals surface area contributed by atoms with Crippen molar-refractivity contribution in [1.82, 2.24) is 0 Å². The van der Waals surface area contributed by atoms with Gasteiger partial charge in [0.05, 0.1) is 12.2 Å². The van der Waals surface area contributed by atoms with E-state index in [0.717, 1.165) is 25.7 Å². The van der Waals surface area contributed by atoms with Crippen molar-refractivity contribution in [2.75, 3.05) is 6.61 Å². The van der Waals surface area contributed by atoms with Crippen molar-refractivity contribution in [1.29, 1.82) is 0 Å². The Balaban J connectivity index is 2.14. The molecule has 0 radical (unpaired) electrons. The molecular weight excluding hydrogens is 226 g/mol. The minimum atomic E-state index is 0.0753. The monoisotopic (exact) mass is 247 g/mol. The molecule has 1 fully saturated rings. The SMILES string of the molecule is CCCOc1ccccc1C(=O)C1CCC(N)C1. The van der Waals surface area contributed by atoms with Gasteiger partial charge < -0.3 is 10.5 Å². The van der Waals surface area contributed by atoms with Gasteiger partial charge in [0, 0.05) is 12.0 Å². The number of hydrogen-bond donors (Lipinski definition) is 1. The van der Waals surface area contributed by atoms with Crippen LogP contribution < -0.4 is 10.5 Å². The molecule has 0 bridgehead atoms. The van der Waals surface area contributed by atoms with E-state index in [1.165, 1.54) is 0 Å². The lowest BCUT2D eigenvalue weighted by Crippen LogP contribution is -2.18. The molecule has 0 saturated heterocycles. The Morgan fingerprint density at radius 1 is 1.39 bits per heavy atom. The molecule has 1 aliphatic carbocycles. The molecule has 1 aromatic rings. The lowest BCUT2D eigenvalue weighted by molar-refractivity contribution is 0.0917. The van der Waals surface area contributed by atoms with Crippen molar-refractivity contribution in [3.8, 4) is 5.75 Å². The van der Waals surface area contributed by atoms with Crippen LogP contribution in [0.5, 0.6) is 5.75 Å². The van der Waals surface area contributed by atoms with Crippen LogP contribution in [0.4, 0.5) is 0 Å². The smallest absolute Gasteiger partial charge is 0.169 e. The van der Waals surface area contributed by atoms with Gasteiger partial charge in [-0.1, -0.05) is 19.1 Å². The van der Waals surface area contributed by atoms with Crippen molar-refractivity contribution in [2.45, 2.75) is 38.6 Å². The molecule has 3 nitrogen and oxygen atoms in total. The molecule has 0 spiro atoms. The van der Waals surface area contributed by atoms with Crippen LogP contribution in [0, 0.1) is 5.92 Å². The first-order valence-corrected chi connectivity index (χ1v) is 6.74. The third-order valence-corrected chi connectivity index (χ3v) is 3.46. The maximum absolute atomic E-state index is 12.4. The number of carbonyl (C=O) groups excluding carboxylic acids is 1. The zero-order chi connectivity index (χ0) is 13.0. The van der Waals surface area contributed by atoms with Gasteiger partial charge in [-0.2, -0.15) is 0 Å². The lowest BCUT2D eigenvalue weighted by Gasteiger charge is -2.13. The van der Waals surface area contributed by atoms with E-state index in [4.69, 9.17) is 10.5 Å². The molecule has 3 heteroatoms. The number of Topliss-reactive ketones (excluding diaryl/α,β-unsaturated/α-hetero) is 1. The minimum Gasteiger partial charge on any atom is -0.493 e. The van der Waals surface area contributed by atoms with Crippen molar-refractivity contribution >= 4 is 5.78 Å². The summed E-state index contributed by atoms with van der Waals surface area (Å²) in [6.07, 6.45) is 3.61. The van der Waals surface area contributed by atoms with Crippen LogP contribution in [0.25, 0.3) is 0 Å². The first-order chi connectivity index (χ1) is 8.72. The van der Waals surface area contributed by atoms with Gasteiger partial charge in [0.15, 0.2) is 5.78 Å². The molecule has 18 heavy (non-hydrogen) atoms. The largest absolute Gasteiger partial charge is 0.493 e. The normalized spacial score (nSPS) is 23.0. The summed E-state index contributed by atoms with van der Waals surface area (Å²) in [4.78, 5) is 12.4. The van der Waals surface area contributed by atoms with E-state index >= 15 is 0 Å². The standard InChI is InChI=1S/C15H21NO2/c1-2-9-18-14-6-4-3-5-13(14)15(17)11-7-8-12(16)10-11/h3-6,11-12H,2,7-10,16H2,1H3. The summed E-state index contributed by atoms with van der Waals surface area (Å²) in [5.41, 5.74) is 6.59. The summed E-state index contributed by atoms with van der Waals surface area (Å²) in [5, 5.41) is 0. The van der Waals surface area contributed by atoms with E-state index in [2.05, 4.69) is 6.92 Å². The van der Waals surface area contributed by atoms with Gasteiger partial charge in [-0.05, 0) is 37.8 Å². The second kappa shape index (κ2) is 6.01. The molecule has 98 valence electrons. The number of carbonyl (C=O) groups is 1. The molecular formula is C15H21NO2. The maximum Gasteiger partial charge on any atom is 0.169 e. The quantitative estimate of drug-likeness (QED) is 0.814. The molecule has 2 unspecified atom stereocenters. The zero-order valence-corrected chi connectivity index (χ0v) is 10.9. The summed E-state index contributed by atoms with van der Waals surface area (Å²) in [7, 11) is 0. The van der Waals surface area contributed by atoms with Gasteiger partial charge in [0.2, 0.25) is 0 Å². The van der Waals surface area contributed by atoms with Gasteiger partial charge in [-0.15, -0.1) is 0 Å². The van der Waals surface area contributed by atoms with E-state index in [0.29, 0.717) is 17.9 Å². The summed E-state index contributed by atoms with van der Waals surface area (Å²) in [6.45, 7) is 2.70. The Labute approximate surface area is 108 Å². The Morgan fingerprint density at radius 2 is 2.17 bits per heavy atom. The predicted octanol–water partition coefficient (Wildman–Crippen LogP) is 2.79. The lowest BCUT2D eigenvalue weighted by atomic mass is 9.95. The van der Waals surface area contributed by atoms with E-state index in [1.54, 1.807) is 0 Å². The van der Waals surface area contributed by atoms with Crippen molar-refractivity contribution in [3.05, 3.63) is 29.8 Å². The highest BCUT2D eigenvalue weighted by Crippen LogP contribution is 2.30. The Hall–Kier alpha value is -1.35. The number of rotatable bonds is 5. The highest BCUT2D eigenvalue weighted by atomic mass is 16.5. The number of nitrogens with two attached hydrogens (primary N) is 1. The van der Waals surface area contributed by atoms with Crippen LogP contribution in [0.2, 0.25) is 0 Å². The number of ketones is 1. The molecule has 2 N–H and O–H groups in total. The fraction of sp³-hybridized carbons (Fsp3) is 0.533. The number of benzene rings is 1. The van der Waals surface area contributed by atoms with Gasteiger partial charge in [0.25, 0.3) is 0 Å². The van der Waals surface area contributed by atoms with E-state index in [-0.39, 0.29) is 17.7 Å². The van der Waals surface area contributed by atoms with Gasteiger partial charge in [0.1, 0.15) is 5.75 Å². The van der Waals surface area contributed by atoms with Gasteiger partial charge in [-0.25, -0.2) is 0 Å². The summed E-state index contributed by atoms with van der Waals surface area (Å²) >= 11 is 0. The fourth-order valence-corrected chi connectivity index (χ4v) is 2.48. The van der Waals surface area contributed by atoms with Crippen LogP contribution in [0.1, 0.15) is 43.0 Å². The van der Waals surface area contributed by atoms with Crippen molar-refractivity contribution in [3.63, 3.8) is 0 Å².